The molecule has 0 bridgehead atoms. The SMILES string of the molecule is CCN(CCO)c1ncnc(N(C)C)c1[N+](=O)[O-]. The van der Waals surface area contributed by atoms with Gasteiger partial charge in [-0.25, -0.2) is 9.97 Å². The van der Waals surface area contributed by atoms with Crippen LogP contribution in [-0.2, 0) is 0 Å². The molecule has 0 unspecified atom stereocenters. The predicted molar refractivity (Wildman–Crippen MR) is 68.0 cm³/mol. The molecule has 1 rings (SSSR count). The highest BCUT2D eigenvalue weighted by Crippen LogP contribution is 2.32. The lowest BCUT2D eigenvalue weighted by atomic mass is 10.3. The molecule has 0 saturated heterocycles. The smallest absolute Gasteiger partial charge is 0.353 e. The van der Waals surface area contributed by atoms with Crippen molar-refractivity contribution < 1.29 is 10.0 Å². The monoisotopic (exact) mass is 255 g/mol. The van der Waals surface area contributed by atoms with E-state index in [1.165, 1.54) is 6.33 Å². The molecule has 1 aromatic rings. The fourth-order valence-corrected chi connectivity index (χ4v) is 1.62. The van der Waals surface area contributed by atoms with E-state index >= 15 is 0 Å². The number of hydrogen-bond acceptors (Lipinski definition) is 7. The first kappa shape index (κ1) is 14.1. The van der Waals surface area contributed by atoms with Crippen LogP contribution in [-0.4, -0.2) is 53.8 Å². The quantitative estimate of drug-likeness (QED) is 0.575. The van der Waals surface area contributed by atoms with E-state index in [9.17, 15) is 10.1 Å². The number of aliphatic hydroxyl groups is 1. The van der Waals surface area contributed by atoms with Gasteiger partial charge >= 0.3 is 5.69 Å². The average molecular weight is 255 g/mol. The average Bonchev–Trinajstić information content (AvgIpc) is 2.34. The van der Waals surface area contributed by atoms with E-state index in [0.717, 1.165) is 0 Å². The van der Waals surface area contributed by atoms with Crippen LogP contribution in [0, 0.1) is 10.1 Å². The van der Waals surface area contributed by atoms with E-state index in [1.807, 2.05) is 6.92 Å². The van der Waals surface area contributed by atoms with Gasteiger partial charge in [-0.1, -0.05) is 0 Å². The summed E-state index contributed by atoms with van der Waals surface area (Å²) < 4.78 is 0. The molecular formula is C10H17N5O3. The van der Waals surface area contributed by atoms with E-state index in [-0.39, 0.29) is 23.9 Å². The number of hydrogen-bond donors (Lipinski definition) is 1. The molecule has 0 aromatic carbocycles. The highest BCUT2D eigenvalue weighted by atomic mass is 16.6. The second kappa shape index (κ2) is 6.10. The van der Waals surface area contributed by atoms with Crippen LogP contribution in [0.2, 0.25) is 0 Å². The van der Waals surface area contributed by atoms with Crippen molar-refractivity contribution in [2.24, 2.45) is 0 Å². The molecule has 100 valence electrons. The molecule has 0 aliphatic carbocycles. The van der Waals surface area contributed by atoms with Gasteiger partial charge in [-0.05, 0) is 6.92 Å². The summed E-state index contributed by atoms with van der Waals surface area (Å²) in [6.07, 6.45) is 1.29. The predicted octanol–water partition coefficient (Wildman–Crippen LogP) is 0.269. The Morgan fingerprint density at radius 3 is 2.44 bits per heavy atom. The summed E-state index contributed by atoms with van der Waals surface area (Å²) in [5, 5.41) is 20.2. The van der Waals surface area contributed by atoms with Gasteiger partial charge in [-0.15, -0.1) is 0 Å². The van der Waals surface area contributed by atoms with Crippen LogP contribution >= 0.6 is 0 Å². The van der Waals surface area contributed by atoms with Crippen LogP contribution in [0.25, 0.3) is 0 Å². The summed E-state index contributed by atoms with van der Waals surface area (Å²) in [4.78, 5) is 21.8. The molecule has 0 fully saturated rings. The van der Waals surface area contributed by atoms with Crippen LogP contribution < -0.4 is 9.80 Å². The summed E-state index contributed by atoms with van der Waals surface area (Å²) in [5.74, 6) is 0.483. The van der Waals surface area contributed by atoms with Crippen LogP contribution in [0.3, 0.4) is 0 Å². The Labute approximate surface area is 105 Å². The fourth-order valence-electron chi connectivity index (χ4n) is 1.62. The lowest BCUT2D eigenvalue weighted by Gasteiger charge is -2.21. The molecule has 8 nitrogen and oxygen atoms in total. The molecule has 0 atom stereocenters. The molecule has 0 aliphatic heterocycles. The fraction of sp³-hybridized carbons (Fsp3) is 0.600. The van der Waals surface area contributed by atoms with Crippen molar-refractivity contribution in [3.8, 4) is 0 Å². The third-order valence-electron chi connectivity index (χ3n) is 2.44. The molecular weight excluding hydrogens is 238 g/mol. The first-order valence-corrected chi connectivity index (χ1v) is 5.55. The Morgan fingerprint density at radius 1 is 1.39 bits per heavy atom. The zero-order valence-corrected chi connectivity index (χ0v) is 10.7. The Hall–Kier alpha value is -1.96. The van der Waals surface area contributed by atoms with Gasteiger partial charge in [0.1, 0.15) is 6.33 Å². The third-order valence-corrected chi connectivity index (χ3v) is 2.44. The van der Waals surface area contributed by atoms with Gasteiger partial charge in [0.05, 0.1) is 11.5 Å². The van der Waals surface area contributed by atoms with Crippen LogP contribution in [0.4, 0.5) is 17.3 Å². The highest BCUT2D eigenvalue weighted by molar-refractivity contribution is 5.70. The summed E-state index contributed by atoms with van der Waals surface area (Å²) in [7, 11) is 3.36. The van der Waals surface area contributed by atoms with Gasteiger partial charge < -0.3 is 14.9 Å². The standard InChI is InChI=1S/C10H17N5O3/c1-4-14(5-6-16)10-8(15(17)18)9(13(2)3)11-7-12-10/h7,16H,4-6H2,1-3H3. The second-order valence-electron chi connectivity index (χ2n) is 3.82. The molecule has 1 heterocycles. The second-order valence-corrected chi connectivity index (χ2v) is 3.82. The molecule has 0 radical (unpaired) electrons. The molecule has 1 N–H and O–H groups in total. The zero-order valence-electron chi connectivity index (χ0n) is 10.7. The van der Waals surface area contributed by atoms with Crippen molar-refractivity contribution in [2.75, 3.05) is 43.6 Å². The van der Waals surface area contributed by atoms with Crippen molar-refractivity contribution in [2.45, 2.75) is 6.92 Å². The van der Waals surface area contributed by atoms with Gasteiger partial charge in [0.15, 0.2) is 0 Å². The Kier molecular flexibility index (Phi) is 4.78. The number of aliphatic hydroxyl groups excluding tert-OH is 1. The van der Waals surface area contributed by atoms with Crippen molar-refractivity contribution >= 4 is 17.3 Å². The molecule has 0 aliphatic rings. The molecule has 1 aromatic heterocycles. The maximum atomic E-state index is 11.2. The summed E-state index contributed by atoms with van der Waals surface area (Å²) in [6, 6.07) is 0. The molecule has 18 heavy (non-hydrogen) atoms. The van der Waals surface area contributed by atoms with Gasteiger partial charge in [0, 0.05) is 27.2 Å². The van der Waals surface area contributed by atoms with Crippen molar-refractivity contribution in [1.29, 1.82) is 0 Å². The van der Waals surface area contributed by atoms with Gasteiger partial charge in [0.25, 0.3) is 0 Å². The number of nitro groups is 1. The van der Waals surface area contributed by atoms with E-state index < -0.39 is 4.92 Å². The first-order chi connectivity index (χ1) is 8.52. The van der Waals surface area contributed by atoms with Crippen molar-refractivity contribution in [3.63, 3.8) is 0 Å². The largest absolute Gasteiger partial charge is 0.395 e. The maximum Gasteiger partial charge on any atom is 0.353 e. The molecule has 0 saturated carbocycles. The van der Waals surface area contributed by atoms with Crippen molar-refractivity contribution in [1.82, 2.24) is 9.97 Å². The minimum atomic E-state index is -0.495. The Morgan fingerprint density at radius 2 is 2.00 bits per heavy atom. The molecule has 0 spiro atoms. The zero-order chi connectivity index (χ0) is 13.7. The minimum absolute atomic E-state index is 0.0910. The normalized spacial score (nSPS) is 10.2. The first-order valence-electron chi connectivity index (χ1n) is 5.55. The number of anilines is 2. The molecule has 0 amide bonds. The summed E-state index contributed by atoms with van der Waals surface area (Å²) in [6.45, 7) is 2.57. The van der Waals surface area contributed by atoms with E-state index in [1.54, 1.807) is 23.9 Å². The summed E-state index contributed by atoms with van der Waals surface area (Å²) in [5.41, 5.74) is -0.141. The highest BCUT2D eigenvalue weighted by Gasteiger charge is 2.27. The van der Waals surface area contributed by atoms with Gasteiger partial charge in [0.2, 0.25) is 11.6 Å². The van der Waals surface area contributed by atoms with Crippen molar-refractivity contribution in [3.05, 3.63) is 16.4 Å². The number of likely N-dealkylation sites (N-methyl/N-ethyl adjacent to an activating group) is 1. The van der Waals surface area contributed by atoms with Gasteiger partial charge in [-0.2, -0.15) is 0 Å². The topological polar surface area (TPSA) is 95.6 Å². The lowest BCUT2D eigenvalue weighted by molar-refractivity contribution is -0.383. The maximum absolute atomic E-state index is 11.2. The summed E-state index contributed by atoms with van der Waals surface area (Å²) >= 11 is 0. The van der Waals surface area contributed by atoms with Gasteiger partial charge in [-0.3, -0.25) is 10.1 Å². The molecule has 8 heteroatoms. The van der Waals surface area contributed by atoms with E-state index in [0.29, 0.717) is 13.1 Å². The number of rotatable bonds is 6. The van der Waals surface area contributed by atoms with Crippen LogP contribution in [0.5, 0.6) is 0 Å². The van der Waals surface area contributed by atoms with E-state index in [2.05, 4.69) is 9.97 Å². The Bertz CT molecular complexity index is 424. The number of aromatic nitrogens is 2. The van der Waals surface area contributed by atoms with E-state index in [4.69, 9.17) is 5.11 Å². The minimum Gasteiger partial charge on any atom is -0.395 e. The third kappa shape index (κ3) is 2.83. The lowest BCUT2D eigenvalue weighted by Crippen LogP contribution is -2.28. The Balaban J connectivity index is 3.33. The van der Waals surface area contributed by atoms with Crippen LogP contribution in [0.15, 0.2) is 6.33 Å². The number of nitrogens with zero attached hydrogens (tertiary/aromatic N) is 5. The van der Waals surface area contributed by atoms with Crippen LogP contribution in [0.1, 0.15) is 6.92 Å².